The average Bonchev–Trinajstić information content (AvgIpc) is 2.62. The number of piperidine rings is 1. The van der Waals surface area contributed by atoms with Gasteiger partial charge in [-0.15, -0.1) is 0 Å². The lowest BCUT2D eigenvalue weighted by atomic mass is 9.82. The molecule has 6 heteroatoms. The van der Waals surface area contributed by atoms with Gasteiger partial charge in [-0.3, -0.25) is 14.5 Å². The summed E-state index contributed by atoms with van der Waals surface area (Å²) in [5.74, 6) is -0.176. The van der Waals surface area contributed by atoms with Gasteiger partial charge in [-0.1, -0.05) is 35.3 Å². The molecule has 0 radical (unpaired) electrons. The van der Waals surface area contributed by atoms with E-state index in [0.717, 1.165) is 23.2 Å². The Morgan fingerprint density at radius 3 is 2.56 bits per heavy atom. The van der Waals surface area contributed by atoms with E-state index in [2.05, 4.69) is 12.2 Å². The molecule has 4 nitrogen and oxygen atoms in total. The van der Waals surface area contributed by atoms with E-state index in [4.69, 9.17) is 23.2 Å². The molecule has 2 unspecified atom stereocenters. The fourth-order valence-corrected chi connectivity index (χ4v) is 4.61. The van der Waals surface area contributed by atoms with Crippen LogP contribution in [-0.2, 0) is 9.59 Å². The highest BCUT2D eigenvalue weighted by Gasteiger charge is 2.30. The Labute approximate surface area is 168 Å². The molecule has 27 heavy (non-hydrogen) atoms. The van der Waals surface area contributed by atoms with Crippen molar-refractivity contribution in [2.45, 2.75) is 44.6 Å². The summed E-state index contributed by atoms with van der Waals surface area (Å²) in [6.07, 6.45) is 2.32. The Hall–Kier alpha value is -2.04. The molecule has 1 saturated heterocycles. The van der Waals surface area contributed by atoms with Crippen molar-refractivity contribution in [1.29, 1.82) is 0 Å². The van der Waals surface area contributed by atoms with E-state index in [9.17, 15) is 9.59 Å². The van der Waals surface area contributed by atoms with Gasteiger partial charge in [0.05, 0.1) is 16.4 Å². The number of benzene rings is 2. The Balaban J connectivity index is 1.77. The number of carbonyl (C=O) groups is 2. The van der Waals surface area contributed by atoms with Crippen molar-refractivity contribution in [1.82, 2.24) is 0 Å². The highest BCUT2D eigenvalue weighted by atomic mass is 35.5. The monoisotopic (exact) mass is 402 g/mol. The molecule has 140 valence electrons. The summed E-state index contributed by atoms with van der Waals surface area (Å²) in [5, 5.41) is 4.64. The molecule has 0 saturated carbocycles. The second-order valence-corrected chi connectivity index (χ2v) is 8.10. The molecule has 2 amide bonds. The van der Waals surface area contributed by atoms with Crippen LogP contribution in [0, 0.1) is 0 Å². The number of nitrogens with zero attached hydrogens (tertiary/aromatic N) is 1. The van der Waals surface area contributed by atoms with Crippen LogP contribution < -0.4 is 10.2 Å². The number of fused-ring (bicyclic) bond motifs is 1. The average molecular weight is 403 g/mol. The molecule has 0 aliphatic carbocycles. The van der Waals surface area contributed by atoms with Gasteiger partial charge >= 0.3 is 0 Å². The fraction of sp³-hybridized carbons (Fsp3) is 0.333. The molecule has 2 aliphatic rings. The van der Waals surface area contributed by atoms with E-state index in [-0.39, 0.29) is 23.8 Å². The van der Waals surface area contributed by atoms with Crippen molar-refractivity contribution in [3.63, 3.8) is 0 Å². The van der Waals surface area contributed by atoms with Crippen LogP contribution in [0.3, 0.4) is 0 Å². The summed E-state index contributed by atoms with van der Waals surface area (Å²) in [6.45, 7) is 2.11. The summed E-state index contributed by atoms with van der Waals surface area (Å²) >= 11 is 12.7. The number of rotatable bonds is 2. The first-order valence-electron chi connectivity index (χ1n) is 9.15. The molecule has 2 aliphatic heterocycles. The molecule has 0 aromatic heterocycles. The number of carbonyl (C=O) groups excluding carboxylic acids is 2. The Morgan fingerprint density at radius 2 is 1.81 bits per heavy atom. The quantitative estimate of drug-likeness (QED) is 0.686. The van der Waals surface area contributed by atoms with Gasteiger partial charge in [0.15, 0.2) is 0 Å². The first kappa shape index (κ1) is 18.3. The van der Waals surface area contributed by atoms with Gasteiger partial charge in [-0.2, -0.15) is 0 Å². The third kappa shape index (κ3) is 3.44. The maximum absolute atomic E-state index is 12.3. The van der Waals surface area contributed by atoms with Crippen molar-refractivity contribution in [3.8, 4) is 0 Å². The van der Waals surface area contributed by atoms with E-state index in [1.54, 1.807) is 6.07 Å². The van der Waals surface area contributed by atoms with E-state index in [1.165, 1.54) is 4.90 Å². The zero-order chi connectivity index (χ0) is 19.1. The van der Waals surface area contributed by atoms with Crippen LogP contribution in [0.2, 0.25) is 10.0 Å². The van der Waals surface area contributed by atoms with Gasteiger partial charge < -0.3 is 5.32 Å². The normalized spacial score (nSPS) is 22.4. The molecule has 0 spiro atoms. The molecular formula is C21H20Cl2N2O2. The minimum absolute atomic E-state index is 0.0856. The maximum Gasteiger partial charge on any atom is 0.233 e. The topological polar surface area (TPSA) is 49.4 Å². The summed E-state index contributed by atoms with van der Waals surface area (Å²) in [6, 6.07) is 11.6. The number of hydrogen-bond donors (Lipinski definition) is 1. The lowest BCUT2D eigenvalue weighted by molar-refractivity contribution is -0.129. The first-order chi connectivity index (χ1) is 12.9. The van der Waals surface area contributed by atoms with E-state index >= 15 is 0 Å². The van der Waals surface area contributed by atoms with Crippen LogP contribution in [0.5, 0.6) is 0 Å². The van der Waals surface area contributed by atoms with Gasteiger partial charge in [0, 0.05) is 29.8 Å². The van der Waals surface area contributed by atoms with Crippen molar-refractivity contribution < 1.29 is 9.59 Å². The predicted molar refractivity (Wildman–Crippen MR) is 109 cm³/mol. The van der Waals surface area contributed by atoms with Crippen molar-refractivity contribution in [2.24, 2.45) is 0 Å². The van der Waals surface area contributed by atoms with Gasteiger partial charge in [0.25, 0.3) is 0 Å². The van der Waals surface area contributed by atoms with Crippen LogP contribution >= 0.6 is 23.2 Å². The molecule has 2 aromatic carbocycles. The number of amides is 2. The second-order valence-electron chi connectivity index (χ2n) is 7.26. The third-order valence-corrected chi connectivity index (χ3v) is 5.77. The SMILES string of the molecule is CC1CC(c2cccc(N3C(=O)CCCC3=O)c2)c2cc(Cl)cc(Cl)c2N1. The van der Waals surface area contributed by atoms with Crippen LogP contribution in [0.1, 0.15) is 49.7 Å². The van der Waals surface area contributed by atoms with Crippen molar-refractivity contribution >= 4 is 46.4 Å². The molecule has 2 atom stereocenters. The number of hydrogen-bond acceptors (Lipinski definition) is 3. The highest BCUT2D eigenvalue weighted by molar-refractivity contribution is 6.36. The third-order valence-electron chi connectivity index (χ3n) is 5.25. The predicted octanol–water partition coefficient (Wildman–Crippen LogP) is 5.37. The summed E-state index contributed by atoms with van der Waals surface area (Å²) < 4.78 is 0. The van der Waals surface area contributed by atoms with Crippen LogP contribution in [-0.4, -0.2) is 17.9 Å². The van der Waals surface area contributed by atoms with Gasteiger partial charge in [0.1, 0.15) is 0 Å². The zero-order valence-electron chi connectivity index (χ0n) is 15.0. The largest absolute Gasteiger partial charge is 0.381 e. The molecule has 1 N–H and O–H groups in total. The number of halogens is 2. The Morgan fingerprint density at radius 1 is 1.07 bits per heavy atom. The molecule has 1 fully saturated rings. The van der Waals surface area contributed by atoms with E-state index in [1.807, 2.05) is 30.3 Å². The minimum atomic E-state index is -0.131. The molecule has 4 rings (SSSR count). The second kappa shape index (κ2) is 7.17. The van der Waals surface area contributed by atoms with Crippen LogP contribution in [0.15, 0.2) is 36.4 Å². The fourth-order valence-electron chi connectivity index (χ4n) is 4.04. The molecule has 2 heterocycles. The number of imide groups is 1. The summed E-state index contributed by atoms with van der Waals surface area (Å²) in [7, 11) is 0. The summed E-state index contributed by atoms with van der Waals surface area (Å²) in [5.41, 5.74) is 3.63. The van der Waals surface area contributed by atoms with Crippen molar-refractivity contribution in [3.05, 3.63) is 57.6 Å². The maximum atomic E-state index is 12.3. The van der Waals surface area contributed by atoms with E-state index < -0.39 is 0 Å². The van der Waals surface area contributed by atoms with E-state index in [0.29, 0.717) is 35.0 Å². The molecular weight excluding hydrogens is 383 g/mol. The number of nitrogens with one attached hydrogen (secondary N) is 1. The lowest BCUT2D eigenvalue weighted by Gasteiger charge is -2.33. The van der Waals surface area contributed by atoms with Crippen molar-refractivity contribution in [2.75, 3.05) is 10.2 Å². The first-order valence-corrected chi connectivity index (χ1v) is 9.91. The minimum Gasteiger partial charge on any atom is -0.381 e. The van der Waals surface area contributed by atoms with Crippen LogP contribution in [0.4, 0.5) is 11.4 Å². The molecule has 0 bridgehead atoms. The standard InChI is InChI=1S/C21H20Cl2N2O2/c1-12-8-16(17-10-14(22)11-18(23)21(17)24-12)13-4-2-5-15(9-13)25-19(26)6-3-7-20(25)27/h2,4-5,9-12,16,24H,3,6-8H2,1H3. The number of anilines is 2. The van der Waals surface area contributed by atoms with Crippen LogP contribution in [0.25, 0.3) is 0 Å². The molecule has 2 aromatic rings. The Bertz CT molecular complexity index is 912. The van der Waals surface area contributed by atoms with Gasteiger partial charge in [-0.05, 0) is 55.2 Å². The Kier molecular flexibility index (Phi) is 4.87. The van der Waals surface area contributed by atoms with Gasteiger partial charge in [0.2, 0.25) is 11.8 Å². The highest BCUT2D eigenvalue weighted by Crippen LogP contribution is 2.44. The lowest BCUT2D eigenvalue weighted by Crippen LogP contribution is -2.40. The smallest absolute Gasteiger partial charge is 0.233 e. The van der Waals surface area contributed by atoms with Gasteiger partial charge in [-0.25, -0.2) is 0 Å². The zero-order valence-corrected chi connectivity index (χ0v) is 16.5. The summed E-state index contributed by atoms with van der Waals surface area (Å²) in [4.78, 5) is 25.9.